The van der Waals surface area contributed by atoms with Gasteiger partial charge in [0.25, 0.3) is 0 Å². The predicted molar refractivity (Wildman–Crippen MR) is 91.2 cm³/mol. The van der Waals surface area contributed by atoms with Crippen molar-refractivity contribution in [2.24, 2.45) is 0 Å². The zero-order valence-corrected chi connectivity index (χ0v) is 12.6. The molecule has 1 heterocycles. The lowest BCUT2D eigenvalue weighted by Gasteiger charge is -2.18. The van der Waals surface area contributed by atoms with Crippen LogP contribution in [0.1, 0.15) is 11.6 Å². The van der Waals surface area contributed by atoms with Gasteiger partial charge < -0.3 is 15.5 Å². The number of phenolic OH excluding ortho intramolecular Hbond substituents is 1. The van der Waals surface area contributed by atoms with Gasteiger partial charge >= 0.3 is 0 Å². The van der Waals surface area contributed by atoms with Crippen molar-refractivity contribution in [1.29, 1.82) is 0 Å². The van der Waals surface area contributed by atoms with Crippen LogP contribution in [0.5, 0.6) is 5.75 Å². The Morgan fingerprint density at radius 1 is 0.957 bits per heavy atom. The molecule has 0 saturated carbocycles. The lowest BCUT2D eigenvalue weighted by Crippen LogP contribution is -2.14. The number of aromatic hydroxyl groups is 1. The van der Waals surface area contributed by atoms with Gasteiger partial charge in [0.2, 0.25) is 0 Å². The van der Waals surface area contributed by atoms with E-state index in [1.807, 2.05) is 48.5 Å². The zero-order chi connectivity index (χ0) is 16.1. The van der Waals surface area contributed by atoms with E-state index in [9.17, 15) is 10.2 Å². The van der Waals surface area contributed by atoms with Crippen LogP contribution in [0.25, 0.3) is 11.1 Å². The van der Waals surface area contributed by atoms with Crippen LogP contribution in [0.4, 0.5) is 5.69 Å². The summed E-state index contributed by atoms with van der Waals surface area (Å²) in [5.74, 6) is 0.216. The lowest BCUT2D eigenvalue weighted by atomic mass is 10.1. The van der Waals surface area contributed by atoms with Crippen molar-refractivity contribution in [3.63, 3.8) is 0 Å². The molecule has 23 heavy (non-hydrogen) atoms. The van der Waals surface area contributed by atoms with Crippen molar-refractivity contribution < 1.29 is 10.2 Å². The average Bonchev–Trinajstić information content (AvgIpc) is 2.61. The van der Waals surface area contributed by atoms with Gasteiger partial charge in [0.05, 0.1) is 18.3 Å². The van der Waals surface area contributed by atoms with Crippen LogP contribution < -0.4 is 5.32 Å². The minimum absolute atomic E-state index is 0.0230. The molecular formula is C19H18N2O2. The number of para-hydroxylation sites is 1. The van der Waals surface area contributed by atoms with E-state index in [0.29, 0.717) is 0 Å². The number of pyridine rings is 1. The number of anilines is 1. The molecule has 0 radical (unpaired) electrons. The fourth-order valence-electron chi connectivity index (χ4n) is 2.50. The van der Waals surface area contributed by atoms with E-state index in [2.05, 4.69) is 10.3 Å². The Morgan fingerprint density at radius 3 is 2.43 bits per heavy atom. The van der Waals surface area contributed by atoms with Gasteiger partial charge in [-0.25, -0.2) is 0 Å². The van der Waals surface area contributed by atoms with Gasteiger partial charge in [-0.3, -0.25) is 4.98 Å². The highest BCUT2D eigenvalue weighted by Gasteiger charge is 2.11. The van der Waals surface area contributed by atoms with Crippen LogP contribution in [0.15, 0.2) is 73.1 Å². The maximum Gasteiger partial charge on any atom is 0.123 e. The summed E-state index contributed by atoms with van der Waals surface area (Å²) in [6.45, 7) is -0.0230. The van der Waals surface area contributed by atoms with Crippen LogP contribution >= 0.6 is 0 Å². The number of hydrogen-bond donors (Lipinski definition) is 3. The Hall–Kier alpha value is -2.85. The van der Waals surface area contributed by atoms with Crippen molar-refractivity contribution in [2.45, 2.75) is 6.04 Å². The molecule has 0 bridgehead atoms. The minimum Gasteiger partial charge on any atom is -0.507 e. The van der Waals surface area contributed by atoms with Gasteiger partial charge in [-0.2, -0.15) is 0 Å². The summed E-state index contributed by atoms with van der Waals surface area (Å²) in [7, 11) is 0. The quantitative estimate of drug-likeness (QED) is 0.674. The Morgan fingerprint density at radius 2 is 1.70 bits per heavy atom. The maximum absolute atomic E-state index is 9.97. The zero-order valence-electron chi connectivity index (χ0n) is 12.6. The second-order valence-electron chi connectivity index (χ2n) is 5.27. The number of rotatable bonds is 5. The standard InChI is InChI=1S/C19H18N2O2/c22-13-18(14-6-2-1-3-7-14)21-16-10-15(11-20-12-16)17-8-4-5-9-19(17)23/h1-12,18,21-23H,13H2. The first kappa shape index (κ1) is 15.1. The van der Waals surface area contributed by atoms with Gasteiger partial charge in [0.15, 0.2) is 0 Å². The molecule has 0 fully saturated rings. The van der Waals surface area contributed by atoms with E-state index in [1.165, 1.54) is 0 Å². The SMILES string of the molecule is OCC(Nc1cncc(-c2ccccc2O)c1)c1ccccc1. The number of aliphatic hydroxyl groups is 1. The van der Waals surface area contributed by atoms with Crippen LogP contribution in [-0.2, 0) is 0 Å². The van der Waals surface area contributed by atoms with Gasteiger partial charge in [0.1, 0.15) is 5.75 Å². The molecule has 0 spiro atoms. The maximum atomic E-state index is 9.97. The van der Waals surface area contributed by atoms with E-state index < -0.39 is 0 Å². The van der Waals surface area contributed by atoms with Crippen molar-refractivity contribution in [2.75, 3.05) is 11.9 Å². The monoisotopic (exact) mass is 306 g/mol. The van der Waals surface area contributed by atoms with E-state index >= 15 is 0 Å². The topological polar surface area (TPSA) is 65.4 Å². The van der Waals surface area contributed by atoms with Gasteiger partial charge in [-0.15, -0.1) is 0 Å². The van der Waals surface area contributed by atoms with Crippen LogP contribution in [0.2, 0.25) is 0 Å². The Bertz CT molecular complexity index is 775. The largest absolute Gasteiger partial charge is 0.507 e. The fourth-order valence-corrected chi connectivity index (χ4v) is 2.50. The summed E-state index contributed by atoms with van der Waals surface area (Å²) in [5.41, 5.74) is 3.33. The van der Waals surface area contributed by atoms with Gasteiger partial charge in [-0.1, -0.05) is 48.5 Å². The number of aliphatic hydroxyl groups excluding tert-OH is 1. The molecule has 3 N–H and O–H groups in total. The van der Waals surface area contributed by atoms with E-state index in [4.69, 9.17) is 0 Å². The molecule has 2 aromatic carbocycles. The summed E-state index contributed by atoms with van der Waals surface area (Å²) in [6, 6.07) is 18.6. The molecule has 1 unspecified atom stereocenters. The molecule has 0 saturated heterocycles. The first-order valence-corrected chi connectivity index (χ1v) is 7.43. The first-order chi connectivity index (χ1) is 11.3. The molecule has 1 aromatic heterocycles. The van der Waals surface area contributed by atoms with Gasteiger partial charge in [-0.05, 0) is 17.7 Å². The van der Waals surface area contributed by atoms with Gasteiger partial charge in [0, 0.05) is 23.5 Å². The smallest absolute Gasteiger partial charge is 0.123 e. The average molecular weight is 306 g/mol. The van der Waals surface area contributed by atoms with E-state index in [1.54, 1.807) is 24.5 Å². The number of aromatic nitrogens is 1. The van der Waals surface area contributed by atoms with E-state index in [0.717, 1.165) is 22.4 Å². The van der Waals surface area contributed by atoms with Crippen LogP contribution in [0.3, 0.4) is 0 Å². The predicted octanol–water partition coefficient (Wildman–Crippen LogP) is 3.60. The Kier molecular flexibility index (Phi) is 4.54. The van der Waals surface area contributed by atoms with Crippen molar-refractivity contribution in [1.82, 2.24) is 4.98 Å². The summed E-state index contributed by atoms with van der Waals surface area (Å²) >= 11 is 0. The molecule has 3 aromatic rings. The minimum atomic E-state index is -0.211. The van der Waals surface area contributed by atoms with Crippen molar-refractivity contribution in [3.05, 3.63) is 78.6 Å². The molecule has 1 atom stereocenters. The van der Waals surface area contributed by atoms with Crippen LogP contribution in [-0.4, -0.2) is 21.8 Å². The third kappa shape index (κ3) is 3.49. The molecule has 0 aliphatic rings. The fraction of sp³-hybridized carbons (Fsp3) is 0.105. The normalized spacial score (nSPS) is 11.9. The third-order valence-corrected chi connectivity index (χ3v) is 3.68. The summed E-state index contributed by atoms with van der Waals surface area (Å²) in [6.07, 6.45) is 3.41. The molecule has 4 nitrogen and oxygen atoms in total. The molecular weight excluding hydrogens is 288 g/mol. The second kappa shape index (κ2) is 6.94. The number of nitrogens with one attached hydrogen (secondary N) is 1. The molecule has 0 amide bonds. The summed E-state index contributed by atoms with van der Waals surface area (Å²) in [5, 5.41) is 22.9. The number of benzene rings is 2. The lowest BCUT2D eigenvalue weighted by molar-refractivity contribution is 0.276. The number of hydrogen-bond acceptors (Lipinski definition) is 4. The number of nitrogens with zero attached hydrogens (tertiary/aromatic N) is 1. The molecule has 0 aliphatic heterocycles. The highest BCUT2D eigenvalue weighted by molar-refractivity contribution is 5.72. The van der Waals surface area contributed by atoms with Crippen LogP contribution in [0, 0.1) is 0 Å². The number of phenols is 1. The highest BCUT2D eigenvalue weighted by atomic mass is 16.3. The van der Waals surface area contributed by atoms with Crippen molar-refractivity contribution in [3.8, 4) is 16.9 Å². The molecule has 4 heteroatoms. The molecule has 3 rings (SSSR count). The Balaban J connectivity index is 1.87. The third-order valence-electron chi connectivity index (χ3n) is 3.68. The van der Waals surface area contributed by atoms with Crippen molar-refractivity contribution >= 4 is 5.69 Å². The molecule has 0 aliphatic carbocycles. The van der Waals surface area contributed by atoms with E-state index in [-0.39, 0.29) is 18.4 Å². The first-order valence-electron chi connectivity index (χ1n) is 7.43. The second-order valence-corrected chi connectivity index (χ2v) is 5.27. The Labute approximate surface area is 135 Å². The highest BCUT2D eigenvalue weighted by Crippen LogP contribution is 2.30. The summed E-state index contributed by atoms with van der Waals surface area (Å²) in [4.78, 5) is 4.23. The molecule has 116 valence electrons. The summed E-state index contributed by atoms with van der Waals surface area (Å²) < 4.78 is 0.